The van der Waals surface area contributed by atoms with E-state index in [0.717, 1.165) is 0 Å². The normalized spacial score (nSPS) is 10.9. The number of guanidine groups is 1. The highest BCUT2D eigenvalue weighted by atomic mass is 16.7. The summed E-state index contributed by atoms with van der Waals surface area (Å²) in [5.41, 5.74) is 7.14. The van der Waals surface area contributed by atoms with E-state index >= 15 is 0 Å². The number of hydrogen-bond acceptors (Lipinski definition) is 8. The van der Waals surface area contributed by atoms with Crippen LogP contribution in [0.4, 0.5) is 0 Å². The molecule has 0 unspecified atom stereocenters. The minimum Gasteiger partial charge on any atom is -0.502 e. The number of aromatic hydroxyl groups is 1. The third kappa shape index (κ3) is 6.41. The van der Waals surface area contributed by atoms with Crippen molar-refractivity contribution < 1.29 is 29.1 Å². The van der Waals surface area contributed by atoms with Gasteiger partial charge in [0.1, 0.15) is 0 Å². The largest absolute Gasteiger partial charge is 0.502 e. The van der Waals surface area contributed by atoms with E-state index in [9.17, 15) is 20.0 Å². The number of ether oxygens (including phenoxy) is 3. The second-order valence-corrected chi connectivity index (χ2v) is 4.71. The topological polar surface area (TPSA) is 159 Å². The standard InChI is InChI=1S/C14H20N4O7/c1-23-10-7-9(8-11(24-2)12(10)19)13(20)25-6-4-3-5-16-14(15)17-18(21)22/h7-8,19H,3-6H2,1-2H3,(H3,15,16,17). The smallest absolute Gasteiger partial charge is 0.338 e. The van der Waals surface area contributed by atoms with E-state index in [1.54, 1.807) is 5.43 Å². The third-order valence-corrected chi connectivity index (χ3v) is 2.99. The highest BCUT2D eigenvalue weighted by Gasteiger charge is 2.16. The summed E-state index contributed by atoms with van der Waals surface area (Å²) in [5, 5.41) is 19.1. The maximum absolute atomic E-state index is 12.0. The number of nitro groups is 1. The first-order valence-corrected chi connectivity index (χ1v) is 7.22. The van der Waals surface area contributed by atoms with Crippen molar-refractivity contribution in [1.82, 2.24) is 5.43 Å². The molecular formula is C14H20N4O7. The number of phenols is 1. The number of aliphatic imine (C=N–C) groups is 1. The molecule has 0 fully saturated rings. The quantitative estimate of drug-likeness (QED) is 0.142. The number of rotatable bonds is 9. The Morgan fingerprint density at radius 2 is 1.92 bits per heavy atom. The zero-order valence-corrected chi connectivity index (χ0v) is 13.9. The van der Waals surface area contributed by atoms with Crippen molar-refractivity contribution in [3.8, 4) is 17.2 Å². The number of phenolic OH excluding ortho intramolecular Hbond substituents is 1. The molecule has 0 spiro atoms. The Morgan fingerprint density at radius 3 is 2.44 bits per heavy atom. The van der Waals surface area contributed by atoms with Gasteiger partial charge in [0.15, 0.2) is 16.5 Å². The van der Waals surface area contributed by atoms with Crippen molar-refractivity contribution in [3.05, 3.63) is 27.8 Å². The van der Waals surface area contributed by atoms with Crippen LogP contribution >= 0.6 is 0 Å². The molecule has 4 N–H and O–H groups in total. The number of carbonyl (C=O) groups excluding carboxylic acids is 1. The van der Waals surface area contributed by atoms with E-state index in [1.165, 1.54) is 26.4 Å². The van der Waals surface area contributed by atoms with Crippen molar-refractivity contribution in [3.63, 3.8) is 0 Å². The summed E-state index contributed by atoms with van der Waals surface area (Å²) >= 11 is 0. The van der Waals surface area contributed by atoms with Crippen LogP contribution < -0.4 is 20.6 Å². The van der Waals surface area contributed by atoms with E-state index in [4.69, 9.17) is 19.9 Å². The fourth-order valence-electron chi connectivity index (χ4n) is 1.80. The second kappa shape index (κ2) is 9.80. The van der Waals surface area contributed by atoms with Crippen LogP contribution in [-0.4, -0.2) is 49.4 Å². The van der Waals surface area contributed by atoms with Crippen LogP contribution in [0.15, 0.2) is 17.1 Å². The molecule has 25 heavy (non-hydrogen) atoms. The number of methoxy groups -OCH3 is 2. The summed E-state index contributed by atoms with van der Waals surface area (Å²) in [6.45, 7) is 0.382. The van der Waals surface area contributed by atoms with Crippen molar-refractivity contribution in [2.45, 2.75) is 12.8 Å². The molecule has 0 saturated carbocycles. The van der Waals surface area contributed by atoms with Gasteiger partial charge in [0.05, 0.1) is 26.4 Å². The van der Waals surface area contributed by atoms with Crippen LogP contribution in [0, 0.1) is 10.1 Å². The van der Waals surface area contributed by atoms with Crippen LogP contribution in [0.1, 0.15) is 23.2 Å². The molecule has 0 amide bonds. The first-order valence-electron chi connectivity index (χ1n) is 7.22. The van der Waals surface area contributed by atoms with Gasteiger partial charge in [-0.15, -0.1) is 0 Å². The molecule has 1 rings (SSSR count). The Balaban J connectivity index is 2.46. The first kappa shape index (κ1) is 19.8. The summed E-state index contributed by atoms with van der Waals surface area (Å²) < 4.78 is 15.0. The van der Waals surface area contributed by atoms with Gasteiger partial charge < -0.3 is 25.1 Å². The van der Waals surface area contributed by atoms with Crippen molar-refractivity contribution in [2.75, 3.05) is 27.4 Å². The van der Waals surface area contributed by atoms with Crippen molar-refractivity contribution >= 4 is 11.9 Å². The molecule has 11 heteroatoms. The van der Waals surface area contributed by atoms with Crippen LogP contribution in [-0.2, 0) is 4.74 Å². The van der Waals surface area contributed by atoms with Gasteiger partial charge in [-0.1, -0.05) is 5.43 Å². The second-order valence-electron chi connectivity index (χ2n) is 4.71. The maximum atomic E-state index is 12.0. The Morgan fingerprint density at radius 1 is 1.32 bits per heavy atom. The van der Waals surface area contributed by atoms with Gasteiger partial charge in [-0.2, -0.15) is 0 Å². The number of nitrogens with two attached hydrogens (primary N) is 1. The molecule has 0 saturated heterocycles. The molecule has 11 nitrogen and oxygen atoms in total. The fourth-order valence-corrected chi connectivity index (χ4v) is 1.80. The average molecular weight is 356 g/mol. The monoisotopic (exact) mass is 356 g/mol. The minimum absolute atomic E-state index is 0.0920. The Hall–Kier alpha value is -3.24. The van der Waals surface area contributed by atoms with Gasteiger partial charge in [0, 0.05) is 6.54 Å². The molecule has 0 radical (unpaired) electrons. The van der Waals surface area contributed by atoms with Gasteiger partial charge in [-0.25, -0.2) is 19.9 Å². The summed E-state index contributed by atoms with van der Waals surface area (Å²) in [5.74, 6) is -0.913. The van der Waals surface area contributed by atoms with E-state index in [0.29, 0.717) is 12.8 Å². The van der Waals surface area contributed by atoms with Crippen LogP contribution in [0.3, 0.4) is 0 Å². The van der Waals surface area contributed by atoms with Gasteiger partial charge >= 0.3 is 5.97 Å². The molecule has 0 bridgehead atoms. The Kier molecular flexibility index (Phi) is 7.76. The summed E-state index contributed by atoms with van der Waals surface area (Å²) in [4.78, 5) is 25.9. The molecule has 1 aromatic carbocycles. The lowest BCUT2D eigenvalue weighted by Crippen LogP contribution is -2.36. The lowest BCUT2D eigenvalue weighted by Gasteiger charge is -2.11. The predicted octanol–water partition coefficient (Wildman–Crippen LogP) is 0.442. The number of nitrogens with one attached hydrogen (secondary N) is 1. The average Bonchev–Trinajstić information content (AvgIpc) is 2.57. The molecule has 0 aromatic heterocycles. The summed E-state index contributed by atoms with van der Waals surface area (Å²) in [6, 6.07) is 2.68. The van der Waals surface area contributed by atoms with Gasteiger partial charge in [0.2, 0.25) is 5.75 Å². The van der Waals surface area contributed by atoms with Crippen molar-refractivity contribution in [2.24, 2.45) is 10.7 Å². The molecule has 0 aliphatic carbocycles. The third-order valence-electron chi connectivity index (χ3n) is 2.99. The highest BCUT2D eigenvalue weighted by molar-refractivity contribution is 5.91. The van der Waals surface area contributed by atoms with E-state index in [-0.39, 0.29) is 41.9 Å². The fraction of sp³-hybridized carbons (Fsp3) is 0.429. The summed E-state index contributed by atoms with van der Waals surface area (Å²) in [6.07, 6.45) is 1.02. The zero-order chi connectivity index (χ0) is 18.8. The molecule has 1 aromatic rings. The molecular weight excluding hydrogens is 336 g/mol. The number of nitrogens with zero attached hydrogens (tertiary/aromatic N) is 2. The van der Waals surface area contributed by atoms with E-state index in [1.807, 2.05) is 0 Å². The van der Waals surface area contributed by atoms with Crippen LogP contribution in [0.25, 0.3) is 0 Å². The summed E-state index contributed by atoms with van der Waals surface area (Å²) in [7, 11) is 2.70. The SMILES string of the molecule is COc1cc(C(=O)OCCCCN=C(N)N[N+](=O)[O-])cc(OC)c1O. The highest BCUT2D eigenvalue weighted by Crippen LogP contribution is 2.37. The van der Waals surface area contributed by atoms with Crippen molar-refractivity contribution in [1.29, 1.82) is 0 Å². The van der Waals surface area contributed by atoms with E-state index < -0.39 is 11.0 Å². The lowest BCUT2D eigenvalue weighted by atomic mass is 10.2. The van der Waals surface area contributed by atoms with Crippen LogP contribution in [0.5, 0.6) is 17.2 Å². The van der Waals surface area contributed by atoms with Gasteiger partial charge in [-0.3, -0.25) is 0 Å². The predicted molar refractivity (Wildman–Crippen MR) is 87.3 cm³/mol. The Labute approximate surface area is 143 Å². The van der Waals surface area contributed by atoms with Gasteiger partial charge in [0.25, 0.3) is 5.96 Å². The molecule has 0 atom stereocenters. The minimum atomic E-state index is -0.805. The zero-order valence-electron chi connectivity index (χ0n) is 13.9. The first-order chi connectivity index (χ1) is 11.9. The lowest BCUT2D eigenvalue weighted by molar-refractivity contribution is -0.525. The molecule has 0 aliphatic heterocycles. The molecule has 138 valence electrons. The number of unbranched alkanes of at least 4 members (excludes halogenated alkanes) is 1. The Bertz CT molecular complexity index is 623. The number of hydrogen-bond donors (Lipinski definition) is 3. The maximum Gasteiger partial charge on any atom is 0.338 e. The molecule has 0 aliphatic rings. The number of carbonyl (C=O) groups is 1. The number of benzene rings is 1. The number of esters is 1. The number of hydrazine groups is 1. The molecule has 0 heterocycles. The van der Waals surface area contributed by atoms with Crippen LogP contribution in [0.2, 0.25) is 0 Å². The van der Waals surface area contributed by atoms with Gasteiger partial charge in [-0.05, 0) is 25.0 Å². The van der Waals surface area contributed by atoms with E-state index in [2.05, 4.69) is 4.99 Å².